The summed E-state index contributed by atoms with van der Waals surface area (Å²) in [6.45, 7) is 5.08. The first-order chi connectivity index (χ1) is 10.2. The van der Waals surface area contributed by atoms with E-state index in [1.807, 2.05) is 6.92 Å². The zero-order valence-corrected chi connectivity index (χ0v) is 12.4. The average molecular weight is 290 g/mol. The van der Waals surface area contributed by atoms with E-state index in [1.165, 1.54) is 4.68 Å². The molecule has 21 heavy (non-hydrogen) atoms. The van der Waals surface area contributed by atoms with Crippen molar-refractivity contribution in [2.45, 2.75) is 32.4 Å². The Morgan fingerprint density at radius 3 is 3.10 bits per heavy atom. The van der Waals surface area contributed by atoms with Gasteiger partial charge in [0, 0.05) is 25.6 Å². The number of nitrogens with two attached hydrogens (primary N) is 1. The second-order valence-electron chi connectivity index (χ2n) is 4.93. The Kier molecular flexibility index (Phi) is 5.78. The van der Waals surface area contributed by atoms with Gasteiger partial charge in [0.15, 0.2) is 0 Å². The molecule has 0 aromatic carbocycles. The van der Waals surface area contributed by atoms with Gasteiger partial charge in [-0.15, -0.1) is 5.92 Å². The number of aromatic nitrogens is 2. The van der Waals surface area contributed by atoms with E-state index in [0.717, 1.165) is 31.6 Å². The maximum absolute atomic E-state index is 12.0. The predicted molar refractivity (Wildman–Crippen MR) is 82.2 cm³/mol. The molecular weight excluding hydrogens is 268 g/mol. The third kappa shape index (κ3) is 4.31. The van der Waals surface area contributed by atoms with E-state index in [0.29, 0.717) is 19.7 Å². The van der Waals surface area contributed by atoms with Crippen LogP contribution in [0.2, 0.25) is 0 Å². The molecule has 2 heterocycles. The van der Waals surface area contributed by atoms with E-state index in [1.54, 1.807) is 12.3 Å². The van der Waals surface area contributed by atoms with Crippen LogP contribution in [0.15, 0.2) is 17.1 Å². The maximum Gasteiger partial charge on any atom is 0.269 e. The molecule has 6 nitrogen and oxygen atoms in total. The van der Waals surface area contributed by atoms with Gasteiger partial charge in [-0.2, -0.15) is 5.10 Å². The molecule has 0 amide bonds. The van der Waals surface area contributed by atoms with Gasteiger partial charge in [-0.25, -0.2) is 4.68 Å². The van der Waals surface area contributed by atoms with Crippen LogP contribution in [0.5, 0.6) is 0 Å². The molecule has 2 rings (SSSR count). The minimum absolute atomic E-state index is 0.125. The first-order valence-electron chi connectivity index (χ1n) is 7.34. The number of morpholine rings is 1. The van der Waals surface area contributed by atoms with Crippen molar-refractivity contribution in [1.82, 2.24) is 9.78 Å². The quantitative estimate of drug-likeness (QED) is 0.803. The Balaban J connectivity index is 2.07. The van der Waals surface area contributed by atoms with Crippen molar-refractivity contribution in [3.05, 3.63) is 22.6 Å². The molecule has 1 saturated heterocycles. The molecule has 0 aliphatic carbocycles. The molecule has 114 valence electrons. The highest BCUT2D eigenvalue weighted by molar-refractivity contribution is 5.43. The molecule has 2 N–H and O–H groups in total. The van der Waals surface area contributed by atoms with Crippen LogP contribution in [-0.2, 0) is 11.3 Å². The number of rotatable bonds is 4. The SMILES string of the molecule is CCC#CCn1ncc(N2CCOC(CCN)C2)cc1=O. The van der Waals surface area contributed by atoms with Crippen molar-refractivity contribution >= 4 is 5.69 Å². The van der Waals surface area contributed by atoms with Gasteiger partial charge in [0.05, 0.1) is 24.6 Å². The summed E-state index contributed by atoms with van der Waals surface area (Å²) in [6, 6.07) is 1.62. The minimum Gasteiger partial charge on any atom is -0.374 e. The second-order valence-corrected chi connectivity index (χ2v) is 4.93. The topological polar surface area (TPSA) is 73.4 Å². The lowest BCUT2D eigenvalue weighted by Gasteiger charge is -2.34. The zero-order valence-electron chi connectivity index (χ0n) is 12.4. The Bertz CT molecular complexity index is 571. The van der Waals surface area contributed by atoms with Gasteiger partial charge < -0.3 is 15.4 Å². The molecule has 1 fully saturated rings. The molecule has 0 spiro atoms. The minimum atomic E-state index is -0.125. The van der Waals surface area contributed by atoms with Crippen LogP contribution in [0.3, 0.4) is 0 Å². The fourth-order valence-electron chi connectivity index (χ4n) is 2.29. The summed E-state index contributed by atoms with van der Waals surface area (Å²) in [5.41, 5.74) is 6.28. The third-order valence-corrected chi connectivity index (χ3v) is 3.38. The fourth-order valence-corrected chi connectivity index (χ4v) is 2.29. The van der Waals surface area contributed by atoms with Crippen LogP contribution in [0.1, 0.15) is 19.8 Å². The lowest BCUT2D eigenvalue weighted by Crippen LogP contribution is -2.43. The van der Waals surface area contributed by atoms with Crippen molar-refractivity contribution < 1.29 is 4.74 Å². The lowest BCUT2D eigenvalue weighted by atomic mass is 10.2. The Morgan fingerprint density at radius 2 is 2.38 bits per heavy atom. The van der Waals surface area contributed by atoms with Gasteiger partial charge >= 0.3 is 0 Å². The highest BCUT2D eigenvalue weighted by Crippen LogP contribution is 2.15. The summed E-state index contributed by atoms with van der Waals surface area (Å²) in [4.78, 5) is 14.2. The van der Waals surface area contributed by atoms with Gasteiger partial charge in [0.1, 0.15) is 6.54 Å². The van der Waals surface area contributed by atoms with Crippen molar-refractivity contribution in [3.8, 4) is 11.8 Å². The van der Waals surface area contributed by atoms with Gasteiger partial charge in [-0.1, -0.05) is 12.8 Å². The average Bonchev–Trinajstić information content (AvgIpc) is 2.50. The zero-order chi connectivity index (χ0) is 15.1. The summed E-state index contributed by atoms with van der Waals surface area (Å²) in [5.74, 6) is 5.85. The van der Waals surface area contributed by atoms with Gasteiger partial charge in [0.25, 0.3) is 5.56 Å². The molecule has 0 saturated carbocycles. The highest BCUT2D eigenvalue weighted by atomic mass is 16.5. The fraction of sp³-hybridized carbons (Fsp3) is 0.600. The van der Waals surface area contributed by atoms with Crippen LogP contribution in [-0.4, -0.2) is 42.1 Å². The normalized spacial score (nSPS) is 18.2. The Morgan fingerprint density at radius 1 is 1.52 bits per heavy atom. The van der Waals surface area contributed by atoms with Crippen LogP contribution < -0.4 is 16.2 Å². The number of hydrogen-bond donors (Lipinski definition) is 1. The van der Waals surface area contributed by atoms with E-state index >= 15 is 0 Å². The van der Waals surface area contributed by atoms with Gasteiger partial charge in [-0.3, -0.25) is 4.79 Å². The molecule has 1 aliphatic rings. The summed E-state index contributed by atoms with van der Waals surface area (Å²) in [5, 5.41) is 4.19. The number of anilines is 1. The molecule has 0 radical (unpaired) electrons. The molecule has 0 bridgehead atoms. The summed E-state index contributed by atoms with van der Waals surface area (Å²) in [7, 11) is 0. The van der Waals surface area contributed by atoms with E-state index in [2.05, 4.69) is 21.8 Å². The van der Waals surface area contributed by atoms with E-state index < -0.39 is 0 Å². The Hall–Kier alpha value is -1.84. The molecule has 6 heteroatoms. The van der Waals surface area contributed by atoms with Crippen LogP contribution in [0, 0.1) is 11.8 Å². The molecule has 1 aliphatic heterocycles. The molecule has 1 aromatic heterocycles. The largest absolute Gasteiger partial charge is 0.374 e. The number of hydrogen-bond acceptors (Lipinski definition) is 5. The molecule has 1 aromatic rings. The second kappa shape index (κ2) is 7.81. The number of nitrogens with zero attached hydrogens (tertiary/aromatic N) is 3. The first-order valence-corrected chi connectivity index (χ1v) is 7.34. The molecular formula is C15H22N4O2. The molecule has 1 unspecified atom stereocenters. The van der Waals surface area contributed by atoms with Crippen molar-refractivity contribution in [3.63, 3.8) is 0 Å². The first kappa shape index (κ1) is 15.5. The van der Waals surface area contributed by atoms with E-state index in [4.69, 9.17) is 10.5 Å². The number of ether oxygens (including phenoxy) is 1. The summed E-state index contributed by atoms with van der Waals surface area (Å²) in [6.07, 6.45) is 3.46. The predicted octanol–water partition coefficient (Wildman–Crippen LogP) is 0.211. The van der Waals surface area contributed by atoms with Gasteiger partial charge in [0.2, 0.25) is 0 Å². The summed E-state index contributed by atoms with van der Waals surface area (Å²) >= 11 is 0. The Labute approximate surface area is 124 Å². The third-order valence-electron chi connectivity index (χ3n) is 3.38. The van der Waals surface area contributed by atoms with Crippen LogP contribution >= 0.6 is 0 Å². The smallest absolute Gasteiger partial charge is 0.269 e. The lowest BCUT2D eigenvalue weighted by molar-refractivity contribution is 0.0368. The standard InChI is InChI=1S/C15H22N4O2/c1-2-3-4-7-19-15(20)10-13(11-17-19)18-8-9-21-14(12-18)5-6-16/h10-11,14H,2,5-9,12,16H2,1H3. The van der Waals surface area contributed by atoms with Crippen molar-refractivity contribution in [1.29, 1.82) is 0 Å². The van der Waals surface area contributed by atoms with E-state index in [9.17, 15) is 4.79 Å². The summed E-state index contributed by atoms with van der Waals surface area (Å²) < 4.78 is 7.02. The van der Waals surface area contributed by atoms with Crippen LogP contribution in [0.25, 0.3) is 0 Å². The van der Waals surface area contributed by atoms with Crippen LogP contribution in [0.4, 0.5) is 5.69 Å². The molecule has 1 atom stereocenters. The maximum atomic E-state index is 12.0. The van der Waals surface area contributed by atoms with Crippen molar-refractivity contribution in [2.75, 3.05) is 31.1 Å². The monoisotopic (exact) mass is 290 g/mol. The van der Waals surface area contributed by atoms with Gasteiger partial charge in [-0.05, 0) is 13.0 Å². The van der Waals surface area contributed by atoms with E-state index in [-0.39, 0.29) is 11.7 Å². The highest BCUT2D eigenvalue weighted by Gasteiger charge is 2.20. The van der Waals surface area contributed by atoms with Crippen molar-refractivity contribution in [2.24, 2.45) is 5.73 Å².